The first-order chi connectivity index (χ1) is 21.8. The molecule has 0 atom stereocenters. The highest BCUT2D eigenvalue weighted by Crippen LogP contribution is 2.48. The molecule has 12 nitrogen and oxygen atoms in total. The Hall–Kier alpha value is -3.78. The van der Waals surface area contributed by atoms with Gasteiger partial charge >= 0.3 is 13.8 Å². The molecule has 0 fully saturated rings. The fourth-order valence-electron chi connectivity index (χ4n) is 4.95. The molecule has 2 amide bonds. The summed E-state index contributed by atoms with van der Waals surface area (Å²) >= 11 is 0. The summed E-state index contributed by atoms with van der Waals surface area (Å²) in [6.45, 7) is 8.42. The number of hydrogen-bond donors (Lipinski definition) is 0. The number of imide groups is 1. The van der Waals surface area contributed by atoms with E-state index in [2.05, 4.69) is 9.13 Å². The van der Waals surface area contributed by atoms with Gasteiger partial charge in [-0.05, 0) is 51.5 Å². The number of aromatic nitrogens is 2. The van der Waals surface area contributed by atoms with Crippen LogP contribution in [0.1, 0.15) is 53.7 Å². The number of ether oxygens (including phenoxy) is 2. The Morgan fingerprint density at radius 1 is 0.978 bits per heavy atom. The van der Waals surface area contributed by atoms with Crippen LogP contribution in [0.2, 0.25) is 0 Å². The average Bonchev–Trinajstić information content (AvgIpc) is 3.44. The number of hydrogen-bond acceptors (Lipinski definition) is 9. The summed E-state index contributed by atoms with van der Waals surface area (Å²) in [5.74, 6) is -2.09. The van der Waals surface area contributed by atoms with Gasteiger partial charge in [0.2, 0.25) is 0 Å². The highest BCUT2D eigenvalue weighted by atomic mass is 31.2. The van der Waals surface area contributed by atoms with Gasteiger partial charge in [0.1, 0.15) is 24.8 Å². The number of carboxylic acids is 1. The molecule has 46 heavy (non-hydrogen) atoms. The lowest BCUT2D eigenvalue weighted by Gasteiger charge is -2.16. The van der Waals surface area contributed by atoms with E-state index in [4.69, 9.17) is 28.4 Å². The van der Waals surface area contributed by atoms with Crippen LogP contribution in [-0.2, 0) is 42.8 Å². The molecule has 1 aliphatic heterocycles. The molecule has 0 saturated carbocycles. The Kier molecular flexibility index (Phi) is 12.9. The van der Waals surface area contributed by atoms with Gasteiger partial charge in [-0.15, -0.1) is 0 Å². The summed E-state index contributed by atoms with van der Waals surface area (Å²) in [5.41, 5.74) is 2.73. The smallest absolute Gasteiger partial charge is 0.430 e. The number of amides is 2. The third-order valence-electron chi connectivity index (χ3n) is 6.89. The first kappa shape index (κ1) is 36.7. The third-order valence-corrected chi connectivity index (χ3v) is 9.06. The molecule has 2 aromatic carbocycles. The predicted octanol–water partition coefficient (Wildman–Crippen LogP) is 3.72. The second-order valence-corrected chi connectivity index (χ2v) is 12.0. The number of carbonyl (C=O) groups excluding carboxylic acids is 3. The van der Waals surface area contributed by atoms with E-state index in [1.54, 1.807) is 45.2 Å². The number of benzene rings is 2. The molecule has 0 unspecified atom stereocenters. The molecule has 3 aromatic rings. The molecule has 0 aliphatic carbocycles. The Bertz CT molecular complexity index is 1550. The normalized spacial score (nSPS) is 13.2. The lowest BCUT2D eigenvalue weighted by Crippen LogP contribution is -2.43. The second-order valence-electron chi connectivity index (χ2n) is 9.85. The number of halogens is 3. The monoisotopic (exact) mass is 671 g/mol. The Morgan fingerprint density at radius 3 is 2.07 bits per heavy atom. The standard InChI is InChI=1S/C28H37N3O7P.C2HF3O2/c1-5-29-25-19-21(36-16-10-18-39(34,37-6-2)38-7-3)13-14-24(25)30(15-17-35-4)26(29)20-31-27(32)22-11-8-9-12-23(22)28(31)33;3-2(4,5)1(6)7/h8-9,11-14,19H,5-7,10,15-18,20H2,1-4H3;(H,6,7)/q+1;/p-1. The van der Waals surface area contributed by atoms with Crippen LogP contribution in [-0.4, -0.2) is 73.1 Å². The number of fused-ring (bicyclic) bond motifs is 2. The molecule has 0 spiro atoms. The van der Waals surface area contributed by atoms with Gasteiger partial charge in [0.05, 0.1) is 50.3 Å². The SMILES string of the molecule is CCOP(=O)(CCCOc1ccc2c(c1)n(CC)c(CN1C(=O)c3ccccc3C1=O)[n+]2CCOC)OCC.O=C([O-])C(F)(F)F. The van der Waals surface area contributed by atoms with E-state index in [1.807, 2.05) is 25.1 Å². The lowest BCUT2D eigenvalue weighted by molar-refractivity contribution is -0.682. The van der Waals surface area contributed by atoms with E-state index in [0.29, 0.717) is 62.8 Å². The molecule has 0 radical (unpaired) electrons. The molecule has 0 N–H and O–H groups in total. The largest absolute Gasteiger partial charge is 0.542 e. The van der Waals surface area contributed by atoms with Gasteiger partial charge in [-0.2, -0.15) is 13.2 Å². The van der Waals surface area contributed by atoms with Gasteiger partial charge in [-0.25, -0.2) is 9.13 Å². The molecule has 252 valence electrons. The van der Waals surface area contributed by atoms with Crippen LogP contribution >= 0.6 is 7.60 Å². The van der Waals surface area contributed by atoms with Crippen LogP contribution in [0.3, 0.4) is 0 Å². The second kappa shape index (κ2) is 16.2. The highest BCUT2D eigenvalue weighted by Gasteiger charge is 2.38. The summed E-state index contributed by atoms with van der Waals surface area (Å²) in [4.78, 5) is 36.3. The van der Waals surface area contributed by atoms with Gasteiger partial charge in [0, 0.05) is 13.2 Å². The van der Waals surface area contributed by atoms with Crippen LogP contribution in [0.4, 0.5) is 13.2 Å². The summed E-state index contributed by atoms with van der Waals surface area (Å²) in [6, 6.07) is 12.7. The molecule has 16 heteroatoms. The van der Waals surface area contributed by atoms with Gasteiger partial charge in [0.15, 0.2) is 11.0 Å². The number of aliphatic carboxylic acids is 1. The molecular weight excluding hydrogens is 634 g/mol. The summed E-state index contributed by atoms with van der Waals surface area (Å²) in [6.07, 6.45) is -4.40. The lowest BCUT2D eigenvalue weighted by atomic mass is 10.1. The van der Waals surface area contributed by atoms with Crippen molar-refractivity contribution in [3.63, 3.8) is 0 Å². The van der Waals surface area contributed by atoms with E-state index < -0.39 is 19.7 Å². The minimum absolute atomic E-state index is 0.138. The first-order valence-corrected chi connectivity index (χ1v) is 16.3. The molecule has 0 saturated heterocycles. The topological polar surface area (TPSA) is 140 Å². The van der Waals surface area contributed by atoms with E-state index >= 15 is 0 Å². The van der Waals surface area contributed by atoms with Crippen LogP contribution in [0.5, 0.6) is 5.75 Å². The van der Waals surface area contributed by atoms with Crippen molar-refractivity contribution in [2.75, 3.05) is 39.7 Å². The van der Waals surface area contributed by atoms with Crippen LogP contribution < -0.4 is 14.4 Å². The van der Waals surface area contributed by atoms with Crippen LogP contribution in [0.25, 0.3) is 11.0 Å². The van der Waals surface area contributed by atoms with E-state index in [-0.39, 0.29) is 24.5 Å². The van der Waals surface area contributed by atoms with Gasteiger partial charge < -0.3 is 28.4 Å². The number of nitrogens with zero attached hydrogens (tertiary/aromatic N) is 3. The fraction of sp³-hybridized carbons (Fsp3) is 0.467. The maximum atomic E-state index is 13.1. The van der Waals surface area contributed by atoms with E-state index in [0.717, 1.165) is 16.9 Å². The summed E-state index contributed by atoms with van der Waals surface area (Å²) in [5, 5.41) is 8.78. The number of imidazole rings is 1. The van der Waals surface area contributed by atoms with Gasteiger partial charge in [-0.3, -0.25) is 19.1 Å². The highest BCUT2D eigenvalue weighted by molar-refractivity contribution is 7.53. The van der Waals surface area contributed by atoms with Crippen molar-refractivity contribution in [1.82, 2.24) is 9.47 Å². The minimum Gasteiger partial charge on any atom is -0.542 e. The van der Waals surface area contributed by atoms with Crippen molar-refractivity contribution in [2.45, 2.75) is 53.0 Å². The Labute approximate surface area is 264 Å². The zero-order valence-electron chi connectivity index (χ0n) is 26.0. The van der Waals surface area contributed by atoms with Gasteiger partial charge in [0.25, 0.3) is 17.6 Å². The Morgan fingerprint density at radius 2 is 1.57 bits per heavy atom. The van der Waals surface area contributed by atoms with Crippen LogP contribution in [0, 0.1) is 0 Å². The number of carbonyl (C=O) groups is 3. The molecule has 4 rings (SSSR count). The van der Waals surface area contributed by atoms with Crippen molar-refractivity contribution < 1.29 is 60.3 Å². The summed E-state index contributed by atoms with van der Waals surface area (Å²) < 4.78 is 70.5. The maximum absolute atomic E-state index is 13.1. The van der Waals surface area contributed by atoms with Crippen molar-refractivity contribution in [1.29, 1.82) is 0 Å². The fourth-order valence-corrected chi connectivity index (χ4v) is 6.58. The third kappa shape index (κ3) is 8.72. The van der Waals surface area contributed by atoms with Crippen molar-refractivity contribution >= 4 is 36.4 Å². The molecule has 0 bridgehead atoms. The molecule has 1 aliphatic rings. The number of rotatable bonds is 15. The molecule has 2 heterocycles. The number of aryl methyl sites for hydroxylation is 1. The number of carboxylic acid groups (broad SMARTS) is 1. The molecular formula is C30H37F3N3O9P. The quantitative estimate of drug-likeness (QED) is 0.102. The number of alkyl halides is 3. The van der Waals surface area contributed by atoms with Gasteiger partial charge in [-0.1, -0.05) is 12.1 Å². The first-order valence-electron chi connectivity index (χ1n) is 14.6. The van der Waals surface area contributed by atoms with E-state index in [9.17, 15) is 27.3 Å². The average molecular weight is 672 g/mol. The van der Waals surface area contributed by atoms with Crippen molar-refractivity contribution in [3.8, 4) is 5.75 Å². The minimum atomic E-state index is -5.19. The van der Waals surface area contributed by atoms with Crippen LogP contribution in [0.15, 0.2) is 42.5 Å². The number of methoxy groups -OCH3 is 1. The van der Waals surface area contributed by atoms with Crippen molar-refractivity contribution in [2.24, 2.45) is 0 Å². The van der Waals surface area contributed by atoms with E-state index in [1.165, 1.54) is 4.90 Å². The molecule has 1 aromatic heterocycles. The van der Waals surface area contributed by atoms with Crippen molar-refractivity contribution in [3.05, 3.63) is 59.4 Å². The zero-order valence-corrected chi connectivity index (χ0v) is 26.9. The predicted molar refractivity (Wildman–Crippen MR) is 157 cm³/mol. The summed E-state index contributed by atoms with van der Waals surface area (Å²) in [7, 11) is -1.47. The zero-order chi connectivity index (χ0) is 34.1. The maximum Gasteiger partial charge on any atom is 0.430 e. The Balaban J connectivity index is 0.000000738.